The Kier molecular flexibility index (Phi) is 5.72. The first-order valence-corrected chi connectivity index (χ1v) is 12.7. The maximum Gasteiger partial charge on any atom is 0.170 e. The van der Waals surface area contributed by atoms with E-state index in [4.69, 9.17) is 9.47 Å². The molecule has 0 unspecified atom stereocenters. The third-order valence-corrected chi connectivity index (χ3v) is 6.62. The van der Waals surface area contributed by atoms with Crippen molar-refractivity contribution in [3.05, 3.63) is 140 Å². The van der Waals surface area contributed by atoms with Crippen LogP contribution in [0.4, 0.5) is 17.1 Å². The summed E-state index contributed by atoms with van der Waals surface area (Å²) >= 11 is 0. The van der Waals surface area contributed by atoms with Crippen LogP contribution < -0.4 is 14.4 Å². The molecular formula is C34H23N3O2. The van der Waals surface area contributed by atoms with Gasteiger partial charge in [-0.15, -0.1) is 0 Å². The van der Waals surface area contributed by atoms with E-state index in [9.17, 15) is 0 Å². The molecule has 186 valence electrons. The fourth-order valence-corrected chi connectivity index (χ4v) is 4.80. The second-order valence-corrected chi connectivity index (χ2v) is 9.12. The van der Waals surface area contributed by atoms with Crippen LogP contribution in [-0.2, 0) is 0 Å². The SMILES string of the molecule is c1ccc(-c2cccc(N3c4ccccc4Oc4ccccc4Oc4ccc(-c5ccccn5)cc43)c2)nc1. The number of anilines is 3. The van der Waals surface area contributed by atoms with Gasteiger partial charge in [-0.2, -0.15) is 0 Å². The molecule has 0 fully saturated rings. The highest BCUT2D eigenvalue weighted by atomic mass is 16.5. The molecule has 4 aromatic carbocycles. The lowest BCUT2D eigenvalue weighted by molar-refractivity contribution is 0.423. The number of hydrogen-bond donors (Lipinski definition) is 0. The third-order valence-electron chi connectivity index (χ3n) is 6.62. The van der Waals surface area contributed by atoms with E-state index >= 15 is 0 Å². The van der Waals surface area contributed by atoms with Gasteiger partial charge >= 0.3 is 0 Å². The minimum atomic E-state index is 0.642. The van der Waals surface area contributed by atoms with Gasteiger partial charge in [0.05, 0.1) is 22.8 Å². The van der Waals surface area contributed by atoms with E-state index in [1.165, 1.54) is 0 Å². The van der Waals surface area contributed by atoms with Crippen molar-refractivity contribution in [2.45, 2.75) is 0 Å². The minimum Gasteiger partial charge on any atom is -0.451 e. The van der Waals surface area contributed by atoms with Crippen LogP contribution in [0.2, 0.25) is 0 Å². The second kappa shape index (κ2) is 9.80. The number of para-hydroxylation sites is 4. The Morgan fingerprint density at radius 1 is 0.436 bits per heavy atom. The molecule has 3 heterocycles. The standard InChI is InChI=1S/C34H23N3O2/c1-2-15-31-29(14-1)37(26-11-9-10-24(22-26)27-12-5-7-20-35-27)30-23-25(28-13-6-8-21-36-28)18-19-32(30)39-34-17-4-3-16-33(34)38-31/h1-23H. The van der Waals surface area contributed by atoms with Gasteiger partial charge in [0.25, 0.3) is 0 Å². The molecule has 2 aromatic heterocycles. The normalized spacial score (nSPS) is 11.9. The van der Waals surface area contributed by atoms with E-state index < -0.39 is 0 Å². The van der Waals surface area contributed by atoms with E-state index in [0.717, 1.165) is 39.6 Å². The molecule has 0 spiro atoms. The molecule has 6 aromatic rings. The Hall–Kier alpha value is -5.42. The van der Waals surface area contributed by atoms with Gasteiger partial charge < -0.3 is 14.4 Å². The molecule has 0 radical (unpaired) electrons. The molecular weight excluding hydrogens is 482 g/mol. The lowest BCUT2D eigenvalue weighted by Crippen LogP contribution is -2.12. The van der Waals surface area contributed by atoms with E-state index in [1.54, 1.807) is 6.20 Å². The maximum absolute atomic E-state index is 6.55. The zero-order valence-corrected chi connectivity index (χ0v) is 20.9. The molecule has 1 aliphatic heterocycles. The van der Waals surface area contributed by atoms with Crippen LogP contribution in [0.5, 0.6) is 23.0 Å². The Labute approximate surface area is 226 Å². The first kappa shape index (κ1) is 22.8. The number of ether oxygens (including phenoxy) is 2. The van der Waals surface area contributed by atoms with Gasteiger partial charge in [-0.3, -0.25) is 9.97 Å². The molecule has 0 amide bonds. The number of nitrogens with zero attached hydrogens (tertiary/aromatic N) is 3. The summed E-state index contributed by atoms with van der Waals surface area (Å²) < 4.78 is 13.0. The van der Waals surface area contributed by atoms with Crippen LogP contribution in [0.25, 0.3) is 22.5 Å². The van der Waals surface area contributed by atoms with E-state index in [1.807, 2.05) is 103 Å². The molecule has 5 heteroatoms. The van der Waals surface area contributed by atoms with Crippen molar-refractivity contribution in [2.75, 3.05) is 4.90 Å². The van der Waals surface area contributed by atoms with Crippen molar-refractivity contribution >= 4 is 17.1 Å². The summed E-state index contributed by atoms with van der Waals surface area (Å²) in [5.74, 6) is 2.70. The average molecular weight is 506 g/mol. The summed E-state index contributed by atoms with van der Waals surface area (Å²) in [5, 5.41) is 0. The molecule has 0 atom stereocenters. The fraction of sp³-hybridized carbons (Fsp3) is 0. The highest BCUT2D eigenvalue weighted by molar-refractivity contribution is 5.87. The Morgan fingerprint density at radius 3 is 1.69 bits per heavy atom. The lowest BCUT2D eigenvalue weighted by atomic mass is 10.1. The van der Waals surface area contributed by atoms with Gasteiger partial charge in [0.1, 0.15) is 0 Å². The monoisotopic (exact) mass is 505 g/mol. The number of hydrogen-bond acceptors (Lipinski definition) is 5. The van der Waals surface area contributed by atoms with Gasteiger partial charge in [0.2, 0.25) is 0 Å². The zero-order chi connectivity index (χ0) is 26.0. The van der Waals surface area contributed by atoms with Crippen LogP contribution in [0.1, 0.15) is 0 Å². The van der Waals surface area contributed by atoms with Crippen LogP contribution in [0, 0.1) is 0 Å². The highest BCUT2D eigenvalue weighted by Crippen LogP contribution is 2.50. The largest absolute Gasteiger partial charge is 0.451 e. The van der Waals surface area contributed by atoms with Gasteiger partial charge in [-0.1, -0.05) is 48.5 Å². The molecule has 7 rings (SSSR count). The predicted molar refractivity (Wildman–Crippen MR) is 154 cm³/mol. The Balaban J connectivity index is 1.50. The number of rotatable bonds is 3. The molecule has 5 nitrogen and oxygen atoms in total. The van der Waals surface area contributed by atoms with Crippen molar-refractivity contribution in [2.24, 2.45) is 0 Å². The van der Waals surface area contributed by atoms with Crippen LogP contribution in [0.15, 0.2) is 140 Å². The van der Waals surface area contributed by atoms with Gasteiger partial charge in [-0.25, -0.2) is 0 Å². The summed E-state index contributed by atoms with van der Waals surface area (Å²) in [5.41, 5.74) is 6.47. The smallest absolute Gasteiger partial charge is 0.170 e. The van der Waals surface area contributed by atoms with Crippen LogP contribution in [0.3, 0.4) is 0 Å². The second-order valence-electron chi connectivity index (χ2n) is 9.12. The molecule has 0 N–H and O–H groups in total. The topological polar surface area (TPSA) is 47.5 Å². The summed E-state index contributed by atoms with van der Waals surface area (Å²) in [6, 6.07) is 42.2. The average Bonchev–Trinajstić information content (AvgIpc) is 3.06. The highest BCUT2D eigenvalue weighted by Gasteiger charge is 2.25. The fourth-order valence-electron chi connectivity index (χ4n) is 4.80. The first-order chi connectivity index (χ1) is 19.3. The summed E-state index contributed by atoms with van der Waals surface area (Å²) in [4.78, 5) is 11.4. The minimum absolute atomic E-state index is 0.642. The van der Waals surface area contributed by atoms with Crippen LogP contribution >= 0.6 is 0 Å². The molecule has 39 heavy (non-hydrogen) atoms. The number of benzene rings is 4. The number of aromatic nitrogens is 2. The predicted octanol–water partition coefficient (Wildman–Crippen LogP) is 9.18. The van der Waals surface area contributed by atoms with Gasteiger partial charge in [-0.05, 0) is 78.9 Å². The van der Waals surface area contributed by atoms with Gasteiger partial charge in [0.15, 0.2) is 23.0 Å². The molecule has 1 aliphatic rings. The first-order valence-electron chi connectivity index (χ1n) is 12.7. The maximum atomic E-state index is 6.55. The summed E-state index contributed by atoms with van der Waals surface area (Å²) in [7, 11) is 0. The number of fused-ring (bicyclic) bond motifs is 3. The molecule has 0 saturated carbocycles. The van der Waals surface area contributed by atoms with E-state index in [-0.39, 0.29) is 0 Å². The zero-order valence-electron chi connectivity index (χ0n) is 20.9. The van der Waals surface area contributed by atoms with Crippen molar-refractivity contribution in [3.8, 4) is 45.5 Å². The quantitative estimate of drug-likeness (QED) is 0.240. The van der Waals surface area contributed by atoms with Crippen LogP contribution in [-0.4, -0.2) is 9.97 Å². The Bertz CT molecular complexity index is 1770. The third kappa shape index (κ3) is 4.36. The lowest BCUT2D eigenvalue weighted by Gasteiger charge is -2.28. The Morgan fingerprint density at radius 2 is 1.03 bits per heavy atom. The molecule has 0 bridgehead atoms. The van der Waals surface area contributed by atoms with Crippen molar-refractivity contribution < 1.29 is 9.47 Å². The summed E-state index contributed by atoms with van der Waals surface area (Å²) in [6.45, 7) is 0. The van der Waals surface area contributed by atoms with Gasteiger partial charge in [0, 0.05) is 29.2 Å². The molecule has 0 saturated heterocycles. The number of pyridine rings is 2. The summed E-state index contributed by atoms with van der Waals surface area (Å²) in [6.07, 6.45) is 3.62. The molecule has 0 aliphatic carbocycles. The van der Waals surface area contributed by atoms with E-state index in [2.05, 4.69) is 45.2 Å². The van der Waals surface area contributed by atoms with Crippen molar-refractivity contribution in [3.63, 3.8) is 0 Å². The van der Waals surface area contributed by atoms with E-state index in [0.29, 0.717) is 23.0 Å². The van der Waals surface area contributed by atoms with Crippen molar-refractivity contribution in [1.29, 1.82) is 0 Å². The van der Waals surface area contributed by atoms with Crippen molar-refractivity contribution in [1.82, 2.24) is 9.97 Å².